The number of nitrogen functional groups attached to an aromatic ring is 1. The summed E-state index contributed by atoms with van der Waals surface area (Å²) in [5.74, 6) is 0.156. The summed E-state index contributed by atoms with van der Waals surface area (Å²) in [5, 5.41) is 0. The van der Waals surface area contributed by atoms with E-state index >= 15 is 0 Å². The highest BCUT2D eigenvalue weighted by Crippen LogP contribution is 2.31. The predicted octanol–water partition coefficient (Wildman–Crippen LogP) is 4.56. The van der Waals surface area contributed by atoms with Crippen LogP contribution in [0.5, 0.6) is 0 Å². The van der Waals surface area contributed by atoms with Crippen molar-refractivity contribution in [2.45, 2.75) is 6.92 Å². The Labute approximate surface area is 131 Å². The summed E-state index contributed by atoms with van der Waals surface area (Å²) in [6, 6.07) is 6.83. The Kier molecular flexibility index (Phi) is 3.30. The van der Waals surface area contributed by atoms with Gasteiger partial charge in [0.05, 0.1) is 4.47 Å². The SMILES string of the molecule is Cc1cc(Br)cn2c(N)c(-c3ccc(Br)c(F)c3)nc12. The minimum absolute atomic E-state index is 0.336. The molecule has 3 aromatic rings. The third kappa shape index (κ3) is 2.13. The van der Waals surface area contributed by atoms with Crippen molar-refractivity contribution in [1.29, 1.82) is 0 Å². The second-order valence-corrected chi connectivity index (χ2v) is 6.28. The molecule has 0 saturated carbocycles. The number of nitrogens with two attached hydrogens (primary N) is 1. The summed E-state index contributed by atoms with van der Waals surface area (Å²) in [6.07, 6.45) is 1.85. The summed E-state index contributed by atoms with van der Waals surface area (Å²) < 4.78 is 16.8. The van der Waals surface area contributed by atoms with E-state index in [1.54, 1.807) is 16.5 Å². The van der Waals surface area contributed by atoms with Crippen molar-refractivity contribution in [3.05, 3.63) is 50.8 Å². The summed E-state index contributed by atoms with van der Waals surface area (Å²) in [7, 11) is 0. The van der Waals surface area contributed by atoms with E-state index < -0.39 is 0 Å². The number of anilines is 1. The van der Waals surface area contributed by atoms with Gasteiger partial charge in [-0.25, -0.2) is 9.37 Å². The number of fused-ring (bicyclic) bond motifs is 1. The number of aromatic nitrogens is 2. The third-order valence-electron chi connectivity index (χ3n) is 3.10. The van der Waals surface area contributed by atoms with Crippen LogP contribution in [0, 0.1) is 12.7 Å². The molecule has 0 unspecified atom stereocenters. The molecular weight excluding hydrogens is 389 g/mol. The van der Waals surface area contributed by atoms with Gasteiger partial charge in [0.15, 0.2) is 0 Å². The Morgan fingerprint density at radius 1 is 1.25 bits per heavy atom. The quantitative estimate of drug-likeness (QED) is 0.653. The zero-order chi connectivity index (χ0) is 14.4. The van der Waals surface area contributed by atoms with Gasteiger partial charge < -0.3 is 5.73 Å². The average Bonchev–Trinajstić information content (AvgIpc) is 2.71. The molecule has 0 atom stereocenters. The van der Waals surface area contributed by atoms with E-state index in [9.17, 15) is 4.39 Å². The Morgan fingerprint density at radius 2 is 2.00 bits per heavy atom. The Bertz CT molecular complexity index is 827. The van der Waals surface area contributed by atoms with Crippen LogP contribution in [0.15, 0.2) is 39.4 Å². The van der Waals surface area contributed by atoms with Gasteiger partial charge in [0.25, 0.3) is 0 Å². The first-order chi connectivity index (χ1) is 9.47. The first-order valence-electron chi connectivity index (χ1n) is 5.86. The number of hydrogen-bond acceptors (Lipinski definition) is 2. The summed E-state index contributed by atoms with van der Waals surface area (Å²) >= 11 is 6.57. The third-order valence-corrected chi connectivity index (χ3v) is 4.18. The maximum atomic E-state index is 13.7. The number of aryl methyl sites for hydroxylation is 1. The highest BCUT2D eigenvalue weighted by Gasteiger charge is 2.14. The molecule has 3 nitrogen and oxygen atoms in total. The lowest BCUT2D eigenvalue weighted by Gasteiger charge is -2.02. The van der Waals surface area contributed by atoms with Crippen molar-refractivity contribution >= 4 is 43.3 Å². The summed E-state index contributed by atoms with van der Waals surface area (Å²) in [5.41, 5.74) is 9.14. The maximum absolute atomic E-state index is 13.7. The number of benzene rings is 1. The highest BCUT2D eigenvalue weighted by atomic mass is 79.9. The molecule has 0 amide bonds. The van der Waals surface area contributed by atoms with Crippen LogP contribution in [0.3, 0.4) is 0 Å². The van der Waals surface area contributed by atoms with Crippen LogP contribution in [0.25, 0.3) is 16.9 Å². The van der Waals surface area contributed by atoms with Crippen molar-refractivity contribution in [3.63, 3.8) is 0 Å². The van der Waals surface area contributed by atoms with Gasteiger partial charge in [0.2, 0.25) is 0 Å². The van der Waals surface area contributed by atoms with E-state index in [2.05, 4.69) is 36.8 Å². The van der Waals surface area contributed by atoms with Crippen molar-refractivity contribution in [1.82, 2.24) is 9.38 Å². The summed E-state index contributed by atoms with van der Waals surface area (Å²) in [4.78, 5) is 4.53. The van der Waals surface area contributed by atoms with Crippen LogP contribution in [-0.2, 0) is 0 Å². The fourth-order valence-electron chi connectivity index (χ4n) is 2.14. The van der Waals surface area contributed by atoms with Crippen molar-refractivity contribution in [2.75, 3.05) is 5.73 Å². The molecule has 0 saturated heterocycles. The van der Waals surface area contributed by atoms with Crippen LogP contribution in [-0.4, -0.2) is 9.38 Å². The first-order valence-corrected chi connectivity index (χ1v) is 7.45. The van der Waals surface area contributed by atoms with E-state index in [1.165, 1.54) is 6.07 Å². The number of hydrogen-bond donors (Lipinski definition) is 1. The lowest BCUT2D eigenvalue weighted by molar-refractivity contribution is 0.621. The van der Waals surface area contributed by atoms with Gasteiger partial charge in [-0.1, -0.05) is 6.07 Å². The molecule has 0 aliphatic rings. The Hall–Kier alpha value is -1.40. The van der Waals surface area contributed by atoms with E-state index in [0.29, 0.717) is 21.5 Å². The molecular formula is C14H10Br2FN3. The lowest BCUT2D eigenvalue weighted by atomic mass is 10.1. The second-order valence-electron chi connectivity index (χ2n) is 4.51. The standard InChI is InChI=1S/C14H10Br2FN3/c1-7-4-9(15)6-20-13(18)12(19-14(7)20)8-2-3-10(16)11(17)5-8/h2-6H,18H2,1H3. The highest BCUT2D eigenvalue weighted by molar-refractivity contribution is 9.10. The van der Waals surface area contributed by atoms with Gasteiger partial charge in [-0.15, -0.1) is 0 Å². The minimum atomic E-state index is -0.336. The van der Waals surface area contributed by atoms with Crippen LogP contribution < -0.4 is 5.73 Å². The summed E-state index contributed by atoms with van der Waals surface area (Å²) in [6.45, 7) is 1.96. The van der Waals surface area contributed by atoms with Crippen LogP contribution in [0.1, 0.15) is 5.56 Å². The van der Waals surface area contributed by atoms with Crippen molar-refractivity contribution < 1.29 is 4.39 Å². The van der Waals surface area contributed by atoms with Gasteiger partial charge in [0.1, 0.15) is 23.0 Å². The number of nitrogens with zero attached hydrogens (tertiary/aromatic N) is 2. The van der Waals surface area contributed by atoms with E-state index in [1.807, 2.05) is 19.2 Å². The number of pyridine rings is 1. The molecule has 6 heteroatoms. The van der Waals surface area contributed by atoms with Crippen LogP contribution in [0.2, 0.25) is 0 Å². The van der Waals surface area contributed by atoms with Crippen molar-refractivity contribution in [3.8, 4) is 11.3 Å². The molecule has 2 N–H and O–H groups in total. The Balaban J connectivity index is 2.29. The van der Waals surface area contributed by atoms with E-state index in [-0.39, 0.29) is 5.82 Å². The first kappa shape index (κ1) is 13.6. The fourth-order valence-corrected chi connectivity index (χ4v) is 2.94. The number of imidazole rings is 1. The van der Waals surface area contributed by atoms with Gasteiger partial charge in [0, 0.05) is 16.2 Å². The molecule has 2 heterocycles. The minimum Gasteiger partial charge on any atom is -0.383 e. The molecule has 0 aliphatic carbocycles. The maximum Gasteiger partial charge on any atom is 0.142 e. The molecule has 20 heavy (non-hydrogen) atoms. The number of halogens is 3. The molecule has 0 bridgehead atoms. The predicted molar refractivity (Wildman–Crippen MR) is 85.1 cm³/mol. The van der Waals surface area contributed by atoms with Gasteiger partial charge in [-0.2, -0.15) is 0 Å². The molecule has 0 fully saturated rings. The zero-order valence-corrected chi connectivity index (χ0v) is 13.7. The largest absolute Gasteiger partial charge is 0.383 e. The molecule has 0 radical (unpaired) electrons. The second kappa shape index (κ2) is 4.86. The average molecular weight is 399 g/mol. The van der Waals surface area contributed by atoms with E-state index in [0.717, 1.165) is 15.7 Å². The van der Waals surface area contributed by atoms with E-state index in [4.69, 9.17) is 5.73 Å². The van der Waals surface area contributed by atoms with Gasteiger partial charge in [-0.05, 0) is 62.5 Å². The Morgan fingerprint density at radius 3 is 2.70 bits per heavy atom. The zero-order valence-electron chi connectivity index (χ0n) is 10.5. The monoisotopic (exact) mass is 397 g/mol. The fraction of sp³-hybridized carbons (Fsp3) is 0.0714. The molecule has 0 spiro atoms. The number of rotatable bonds is 1. The molecule has 102 valence electrons. The normalized spacial score (nSPS) is 11.2. The van der Waals surface area contributed by atoms with Gasteiger partial charge in [-0.3, -0.25) is 4.40 Å². The smallest absolute Gasteiger partial charge is 0.142 e. The van der Waals surface area contributed by atoms with Crippen LogP contribution in [0.4, 0.5) is 10.2 Å². The lowest BCUT2D eigenvalue weighted by Crippen LogP contribution is -1.95. The molecule has 1 aromatic carbocycles. The molecule has 2 aromatic heterocycles. The van der Waals surface area contributed by atoms with Gasteiger partial charge >= 0.3 is 0 Å². The molecule has 0 aliphatic heterocycles. The molecule has 3 rings (SSSR count). The topological polar surface area (TPSA) is 43.3 Å². The van der Waals surface area contributed by atoms with Crippen LogP contribution >= 0.6 is 31.9 Å². The van der Waals surface area contributed by atoms with Crippen molar-refractivity contribution in [2.24, 2.45) is 0 Å².